The quantitative estimate of drug-likeness (QED) is 0.0351. The Labute approximate surface area is 706 Å². The van der Waals surface area contributed by atoms with E-state index in [0.29, 0.717) is 80.3 Å². The fourth-order valence-corrected chi connectivity index (χ4v) is 17.2. The number of benzene rings is 3. The zero-order valence-corrected chi connectivity index (χ0v) is 71.0. The van der Waals surface area contributed by atoms with Crippen LogP contribution in [-0.4, -0.2) is 199 Å². The van der Waals surface area contributed by atoms with E-state index in [9.17, 15) is 79.2 Å². The van der Waals surface area contributed by atoms with E-state index in [0.717, 1.165) is 44.5 Å². The highest BCUT2D eigenvalue weighted by atomic mass is 32.2. The SMILES string of the molecule is CC1(C)COC(c2ccc(Nc3cc(CC(=O)[C@H]4C[C@H]4F)nc4c3N=C(C(F)F)C4)c(S(C)(=O)=O)c2)=N1.CC1(C)COC(c2ccc(Nc3cc(CC(=O)[C@H]4C[C@H]4F)nc4c3nc(C(F)F)n4C3CCCCO3)c(S(C)(=O)=O)c2)=N1.CC1(C)COC(c2ccc(Nc3cc(N)nc4c3nc(C(F)F)n4C3CCCCO3)c(S(C)(=O)=O)c2)=N1.O=C(O)[C@H]1C[C@H]1F. The molecule has 17 rings (SSSR count). The number of carbonyl (C=O) groups is 3. The van der Waals surface area contributed by atoms with Crippen molar-refractivity contribution in [2.45, 2.75) is 200 Å². The largest absolute Gasteiger partial charge is 0.481 e. The van der Waals surface area contributed by atoms with Crippen molar-refractivity contribution in [3.05, 3.63) is 118 Å². The zero-order chi connectivity index (χ0) is 89.4. The average molecular weight is 1790 g/mol. The summed E-state index contributed by atoms with van der Waals surface area (Å²) in [7, 11) is -11.3. The van der Waals surface area contributed by atoms with Gasteiger partial charge in [-0.15, -0.1) is 0 Å². The van der Waals surface area contributed by atoms with Crippen molar-refractivity contribution in [1.82, 2.24) is 34.1 Å². The van der Waals surface area contributed by atoms with Crippen LogP contribution in [0.25, 0.3) is 22.3 Å². The number of aliphatic carboxylic acids is 1. The van der Waals surface area contributed by atoms with Crippen LogP contribution in [0.2, 0.25) is 0 Å². The van der Waals surface area contributed by atoms with Crippen LogP contribution in [0.4, 0.5) is 85.1 Å². The molecule has 11 heterocycles. The number of ether oxygens (including phenoxy) is 5. The topological polar surface area (TPSA) is 406 Å². The van der Waals surface area contributed by atoms with Crippen molar-refractivity contribution in [2.75, 3.05) is 73.5 Å². The van der Waals surface area contributed by atoms with Gasteiger partial charge in [0.15, 0.2) is 52.5 Å². The molecule has 3 aromatic carbocycles. The maximum Gasteiger partial charge on any atom is 0.309 e. The third kappa shape index (κ3) is 20.4. The molecule has 8 aromatic rings. The number of alkyl halides is 9. The summed E-state index contributed by atoms with van der Waals surface area (Å²) in [4.78, 5) is 73.8. The highest BCUT2D eigenvalue weighted by molar-refractivity contribution is 7.91. The van der Waals surface area contributed by atoms with Gasteiger partial charge in [-0.25, -0.2) is 105 Å². The molecule has 0 amide bonds. The minimum absolute atomic E-state index is 0.0198. The maximum atomic E-state index is 14.3. The summed E-state index contributed by atoms with van der Waals surface area (Å²) in [6.07, 6.45) is -6.11. The summed E-state index contributed by atoms with van der Waals surface area (Å²) in [5.41, 5.74) is 8.27. The number of carbonyl (C=O) groups excluding carboxylic acids is 2. The first-order chi connectivity index (χ1) is 58.2. The van der Waals surface area contributed by atoms with Crippen LogP contribution in [0.5, 0.6) is 0 Å². The van der Waals surface area contributed by atoms with Crippen molar-refractivity contribution in [3.8, 4) is 0 Å². The van der Waals surface area contributed by atoms with Gasteiger partial charge in [0.25, 0.3) is 19.3 Å². The maximum absolute atomic E-state index is 14.3. The molecule has 124 heavy (non-hydrogen) atoms. The van der Waals surface area contributed by atoms with E-state index in [4.69, 9.17) is 34.5 Å². The van der Waals surface area contributed by atoms with E-state index in [-0.39, 0.29) is 156 Å². The van der Waals surface area contributed by atoms with E-state index in [1.54, 1.807) is 24.3 Å². The van der Waals surface area contributed by atoms with Crippen LogP contribution in [0.3, 0.4) is 0 Å². The number of pyridine rings is 3. The summed E-state index contributed by atoms with van der Waals surface area (Å²) >= 11 is 0. The minimum Gasteiger partial charge on any atom is -0.481 e. The van der Waals surface area contributed by atoms with Gasteiger partial charge >= 0.3 is 5.97 Å². The lowest BCUT2D eigenvalue weighted by Crippen LogP contribution is -2.21. The van der Waals surface area contributed by atoms with Crippen molar-refractivity contribution >= 4 is 138 Å². The molecule has 0 radical (unpaired) electrons. The second kappa shape index (κ2) is 34.7. The molecule has 30 nitrogen and oxygen atoms in total. The number of rotatable bonds is 24. The predicted molar refractivity (Wildman–Crippen MR) is 440 cm³/mol. The molecular formula is C82H90F9N15O15S3. The first kappa shape index (κ1) is 89.6. The Morgan fingerprint density at radius 3 is 1.20 bits per heavy atom. The van der Waals surface area contributed by atoms with E-state index in [1.165, 1.54) is 57.7 Å². The third-order valence-corrected chi connectivity index (χ3v) is 24.7. The Balaban J connectivity index is 0.000000146. The first-order valence-electron chi connectivity index (χ1n) is 39.8. The number of fused-ring (bicyclic) bond motifs is 3. The molecule has 9 aliphatic rings. The number of nitrogen functional groups attached to an aromatic ring is 1. The molecule has 0 spiro atoms. The molecule has 8 atom stereocenters. The van der Waals surface area contributed by atoms with Gasteiger partial charge in [0.2, 0.25) is 17.7 Å². The highest BCUT2D eigenvalue weighted by Gasteiger charge is 2.46. The Morgan fingerprint density at radius 2 is 0.871 bits per heavy atom. The molecule has 6 aliphatic heterocycles. The van der Waals surface area contributed by atoms with Crippen LogP contribution in [0.1, 0.15) is 170 Å². The van der Waals surface area contributed by atoms with Crippen LogP contribution in [0.15, 0.2) is 107 Å². The smallest absolute Gasteiger partial charge is 0.309 e. The molecule has 42 heteroatoms. The van der Waals surface area contributed by atoms with Gasteiger partial charge in [0, 0.05) is 74.0 Å². The number of halogens is 9. The molecule has 5 fully saturated rings. The summed E-state index contributed by atoms with van der Waals surface area (Å²) in [5.74, 6) is -3.73. The lowest BCUT2D eigenvalue weighted by atomic mass is 10.1. The Morgan fingerprint density at radius 1 is 0.500 bits per heavy atom. The van der Waals surface area contributed by atoms with Gasteiger partial charge in [0.1, 0.15) is 84.9 Å². The zero-order valence-electron chi connectivity index (χ0n) is 68.6. The van der Waals surface area contributed by atoms with Crippen molar-refractivity contribution in [2.24, 2.45) is 37.7 Å². The highest BCUT2D eigenvalue weighted by Crippen LogP contribution is 2.45. The number of nitrogens with two attached hydrogens (primary N) is 1. The van der Waals surface area contributed by atoms with Crippen LogP contribution < -0.4 is 21.7 Å². The normalized spacial score (nSPS) is 22.6. The number of nitrogens with one attached hydrogen (secondary N) is 3. The number of aromatic nitrogens is 7. The van der Waals surface area contributed by atoms with Gasteiger partial charge in [-0.1, -0.05) is 0 Å². The molecule has 5 aromatic heterocycles. The number of anilines is 7. The minimum atomic E-state index is -3.81. The molecule has 664 valence electrons. The van der Waals surface area contributed by atoms with Crippen molar-refractivity contribution in [3.63, 3.8) is 0 Å². The summed E-state index contributed by atoms with van der Waals surface area (Å²) < 4.78 is 230. The molecule has 0 bridgehead atoms. The number of sulfone groups is 3. The summed E-state index contributed by atoms with van der Waals surface area (Å²) in [6.45, 7) is 13.3. The number of hydrogen-bond donors (Lipinski definition) is 5. The van der Waals surface area contributed by atoms with Crippen LogP contribution >= 0.6 is 0 Å². The molecular weight excluding hydrogens is 1700 g/mol. The van der Waals surface area contributed by atoms with Crippen molar-refractivity contribution in [1.29, 1.82) is 0 Å². The van der Waals surface area contributed by atoms with Gasteiger partial charge in [-0.05, 0) is 166 Å². The van der Waals surface area contributed by atoms with Gasteiger partial charge in [-0.3, -0.25) is 28.5 Å². The standard InChI is InChI=1S/C29H32F3N5O5S.C25H25F3N4O4S.C24H28F2N6O4S.C4H5FO2/c1-29(2)14-42-28(36-29)15-7-8-19(22(10-15)43(3,39)40)34-20-11-16(12-21(38)17-13-18(17)30)33-26-24(20)35-27(25(31)32)37(26)23-6-4-5-9-41-23;1-25(2)11-36-24(32-25)12-4-5-16(21(6-12)37(3,34)35)30-17-7-13(8-20(33)14-9-15(14)26)29-18-10-19(23(27)28)31-22(17)18;1-24(2)12-36-23(31-24)13-7-8-14(16(10-13)37(3,33)34)28-15-11-17(27)29-21-19(15)30-22(20(25)26)32(21)18-6-4-5-9-35-18;5-3-1-2(3)4(6)7/h7-8,10-11,17-18,23,25H,4-6,9,12-14H2,1-3H3,(H,33,34);4-7,14-15,23H,8-11H2,1-3H3,(H,29,30);7-8,10-11,18,20H,4-6,9,12H2,1-3H3,(H3,27,28,29);2-3H,1H2,(H,6,7)/t17-,18+,23?;14-,15+;;2-,3+/m00.0/s1. The van der Waals surface area contributed by atoms with Crippen LogP contribution in [0, 0.1) is 17.8 Å². The number of carboxylic acids is 1. The lowest BCUT2D eigenvalue weighted by molar-refractivity contribution is -0.139. The third-order valence-electron chi connectivity index (χ3n) is 21.3. The number of ketones is 2. The first-order valence-corrected chi connectivity index (χ1v) is 45.4. The Kier molecular flexibility index (Phi) is 25.0. The predicted octanol–water partition coefficient (Wildman–Crippen LogP) is 14.2. The van der Waals surface area contributed by atoms with Gasteiger partial charge < -0.3 is 50.5 Å². The fourth-order valence-electron chi connectivity index (χ4n) is 14.7. The van der Waals surface area contributed by atoms with Crippen LogP contribution in [-0.2, 0) is 86.8 Å². The van der Waals surface area contributed by atoms with Gasteiger partial charge in [0.05, 0.1) is 106 Å². The average Bonchev–Trinajstić information content (AvgIpc) is 1.57. The van der Waals surface area contributed by atoms with E-state index in [2.05, 4.69) is 60.8 Å². The second-order valence-electron chi connectivity index (χ2n) is 33.6. The van der Waals surface area contributed by atoms with Crippen molar-refractivity contribution < 1.29 is 108 Å². The van der Waals surface area contributed by atoms with Gasteiger partial charge in [-0.2, -0.15) is 0 Å². The molecule has 2 unspecified atom stereocenters. The van der Waals surface area contributed by atoms with E-state index < -0.39 is 132 Å². The molecule has 3 saturated carbocycles. The molecule has 3 aliphatic carbocycles. The fraction of sp³-hybridized carbons (Fsp3) is 0.488. The summed E-state index contributed by atoms with van der Waals surface area (Å²) in [6, 6.07) is 18.3. The summed E-state index contributed by atoms with van der Waals surface area (Å²) in [5, 5.41) is 17.1. The Bertz CT molecular complexity index is 6080. The number of hydrogen-bond acceptors (Lipinski definition) is 27. The Hall–Kier alpha value is -10.7. The molecule has 6 N–H and O–H groups in total. The number of nitrogens with zero attached hydrogens (tertiary/aromatic N) is 11. The molecule has 2 saturated heterocycles. The number of imidazole rings is 2. The second-order valence-corrected chi connectivity index (χ2v) is 39.6. The number of carboxylic acid groups (broad SMARTS) is 1. The van der Waals surface area contributed by atoms with E-state index >= 15 is 0 Å². The number of aliphatic imine (C=N–C) groups is 4. The number of Topliss-reactive ketones (excluding diaryl/α,β-unsaturated/α-hetero) is 2. The van der Waals surface area contributed by atoms with E-state index in [1.807, 2.05) is 41.5 Å². The monoisotopic (exact) mass is 1790 g/mol. The lowest BCUT2D eigenvalue weighted by Gasteiger charge is -2.25.